The van der Waals surface area contributed by atoms with E-state index in [1.165, 1.54) is 13.1 Å². The van der Waals surface area contributed by atoms with Crippen LogP contribution in [0.5, 0.6) is 0 Å². The number of halogens is 3. The molecule has 0 radical (unpaired) electrons. The maximum absolute atomic E-state index is 14.9. The van der Waals surface area contributed by atoms with Crippen molar-refractivity contribution >= 4 is 29.1 Å². The topological polar surface area (TPSA) is 152 Å². The van der Waals surface area contributed by atoms with E-state index in [1.807, 2.05) is 4.90 Å². The number of fused-ring (bicyclic) bond motifs is 1. The second kappa shape index (κ2) is 13.0. The largest absolute Gasteiger partial charge is 0.456 e. The summed E-state index contributed by atoms with van der Waals surface area (Å²) in [5.41, 5.74) is 5.89. The molecule has 3 atom stereocenters. The highest BCUT2D eigenvalue weighted by Crippen LogP contribution is 2.43. The molecule has 2 aliphatic rings. The summed E-state index contributed by atoms with van der Waals surface area (Å²) < 4.78 is 54.9. The molecule has 5 N–H and O–H groups in total. The van der Waals surface area contributed by atoms with Crippen molar-refractivity contribution in [2.24, 2.45) is 0 Å². The molecule has 1 aliphatic heterocycles. The summed E-state index contributed by atoms with van der Waals surface area (Å²) in [6.07, 6.45) is 1.15. The number of nitrogens with one attached hydrogen (secondary N) is 2. The number of nitrogens with two attached hydrogens (primary N) is 1. The van der Waals surface area contributed by atoms with Gasteiger partial charge in [0.05, 0.1) is 34.5 Å². The SMILES string of the molecule is CC(=O)OC1CCc2c1ncc(NC(O)c1nc(-c3c(F)cccc3F)c(F)cc1N)c2N1CCCC(NC(=O)OC(C)(C)C)C1. The van der Waals surface area contributed by atoms with E-state index >= 15 is 0 Å². The molecule has 14 heteroatoms. The Balaban J connectivity index is 1.50. The first-order valence-corrected chi connectivity index (χ1v) is 15.0. The summed E-state index contributed by atoms with van der Waals surface area (Å²) in [6.45, 7) is 7.65. The van der Waals surface area contributed by atoms with Crippen LogP contribution in [0.2, 0.25) is 0 Å². The number of carbonyl (C=O) groups excluding carboxylic acids is 2. The number of aromatic nitrogens is 2. The second-order valence-electron chi connectivity index (χ2n) is 12.4. The number of carbonyl (C=O) groups is 2. The van der Waals surface area contributed by atoms with E-state index < -0.39 is 58.7 Å². The minimum Gasteiger partial charge on any atom is -0.456 e. The smallest absolute Gasteiger partial charge is 0.407 e. The lowest BCUT2D eigenvalue weighted by Crippen LogP contribution is -2.49. The van der Waals surface area contributed by atoms with Gasteiger partial charge in [0.15, 0.2) is 12.0 Å². The number of ether oxygens (including phenoxy) is 2. The summed E-state index contributed by atoms with van der Waals surface area (Å²) in [4.78, 5) is 35.0. The van der Waals surface area contributed by atoms with Crippen molar-refractivity contribution in [3.05, 3.63) is 64.9 Å². The van der Waals surface area contributed by atoms with Crippen LogP contribution in [-0.2, 0) is 20.7 Å². The molecule has 1 aliphatic carbocycles. The zero-order chi connectivity index (χ0) is 33.3. The molecule has 3 heterocycles. The van der Waals surface area contributed by atoms with E-state index in [-0.39, 0.29) is 17.4 Å². The van der Waals surface area contributed by atoms with Crippen LogP contribution >= 0.6 is 0 Å². The Labute approximate surface area is 264 Å². The molecule has 246 valence electrons. The monoisotopic (exact) mass is 642 g/mol. The Kier molecular flexibility index (Phi) is 9.29. The first-order valence-electron chi connectivity index (χ1n) is 15.0. The number of amides is 1. The lowest BCUT2D eigenvalue weighted by molar-refractivity contribution is -0.146. The molecule has 0 saturated carbocycles. The van der Waals surface area contributed by atoms with Gasteiger partial charge >= 0.3 is 12.1 Å². The summed E-state index contributed by atoms with van der Waals surface area (Å²) in [5.74, 6) is -3.57. The Morgan fingerprint density at radius 1 is 1.15 bits per heavy atom. The summed E-state index contributed by atoms with van der Waals surface area (Å²) in [7, 11) is 0. The van der Waals surface area contributed by atoms with Crippen molar-refractivity contribution in [1.82, 2.24) is 15.3 Å². The van der Waals surface area contributed by atoms with Gasteiger partial charge in [-0.15, -0.1) is 0 Å². The third-order valence-corrected chi connectivity index (χ3v) is 7.70. The number of benzene rings is 1. The molecule has 0 spiro atoms. The number of piperidine rings is 1. The van der Waals surface area contributed by atoms with Gasteiger partial charge < -0.3 is 35.8 Å². The van der Waals surface area contributed by atoms with Crippen molar-refractivity contribution < 1.29 is 37.3 Å². The molecular weight excluding hydrogens is 605 g/mol. The minimum absolute atomic E-state index is 0.247. The Bertz CT molecular complexity index is 1630. The number of alkyl carbamates (subject to hydrolysis) is 1. The molecule has 1 saturated heterocycles. The fourth-order valence-electron chi connectivity index (χ4n) is 5.90. The highest BCUT2D eigenvalue weighted by molar-refractivity contribution is 5.77. The van der Waals surface area contributed by atoms with Crippen molar-refractivity contribution in [3.8, 4) is 11.3 Å². The Morgan fingerprint density at radius 3 is 2.54 bits per heavy atom. The van der Waals surface area contributed by atoms with E-state index in [9.17, 15) is 27.9 Å². The van der Waals surface area contributed by atoms with E-state index in [1.54, 1.807) is 20.8 Å². The molecule has 2 aromatic heterocycles. The van der Waals surface area contributed by atoms with Gasteiger partial charge in [0.2, 0.25) is 0 Å². The number of pyridine rings is 2. The molecule has 1 amide bonds. The van der Waals surface area contributed by atoms with Crippen molar-refractivity contribution in [2.75, 3.05) is 29.0 Å². The van der Waals surface area contributed by atoms with Crippen molar-refractivity contribution in [3.63, 3.8) is 0 Å². The van der Waals surface area contributed by atoms with Crippen LogP contribution in [0.1, 0.15) is 76.2 Å². The Morgan fingerprint density at radius 2 is 1.87 bits per heavy atom. The predicted molar refractivity (Wildman–Crippen MR) is 164 cm³/mol. The number of rotatable bonds is 7. The number of hydrogen-bond acceptors (Lipinski definition) is 10. The average Bonchev–Trinajstić information content (AvgIpc) is 3.34. The standard InChI is InChI=1S/C32H37F3N6O5/c1-16(42)45-24-11-10-18-26(24)37-14-23(29(18)41-12-6-7-17(15-41)38-31(44)46-32(2,3)4)39-30(43)28-22(36)13-21(35)27(40-28)25-19(33)8-5-9-20(25)34/h5,8-9,13-14,17,24,30,39,43H,6-7,10-12,15,36H2,1-4H3,(H,38,44). The van der Waals surface area contributed by atoms with Gasteiger partial charge in [-0.1, -0.05) is 6.07 Å². The predicted octanol–water partition coefficient (Wildman–Crippen LogP) is 5.29. The fourth-order valence-corrected chi connectivity index (χ4v) is 5.90. The van der Waals surface area contributed by atoms with Crippen LogP contribution in [0.3, 0.4) is 0 Å². The molecule has 1 fully saturated rings. The van der Waals surface area contributed by atoms with Crippen LogP contribution in [0, 0.1) is 17.5 Å². The molecule has 11 nitrogen and oxygen atoms in total. The van der Waals surface area contributed by atoms with Crippen molar-refractivity contribution in [2.45, 2.75) is 77.4 Å². The third kappa shape index (κ3) is 7.11. The summed E-state index contributed by atoms with van der Waals surface area (Å²) in [5, 5.41) is 17.2. The van der Waals surface area contributed by atoms with E-state index in [4.69, 9.17) is 15.2 Å². The van der Waals surface area contributed by atoms with E-state index in [0.717, 1.165) is 36.2 Å². The molecule has 3 unspecified atom stereocenters. The molecule has 46 heavy (non-hydrogen) atoms. The van der Waals surface area contributed by atoms with Crippen LogP contribution < -0.4 is 21.3 Å². The first-order chi connectivity index (χ1) is 21.7. The number of hydrogen-bond donors (Lipinski definition) is 4. The summed E-state index contributed by atoms with van der Waals surface area (Å²) >= 11 is 0. The van der Waals surface area contributed by atoms with Gasteiger partial charge in [0.1, 0.15) is 34.7 Å². The van der Waals surface area contributed by atoms with Crippen LogP contribution in [0.15, 0.2) is 30.5 Å². The number of esters is 1. The number of nitrogens with zero attached hydrogens (tertiary/aromatic N) is 3. The average molecular weight is 643 g/mol. The molecule has 1 aromatic carbocycles. The van der Waals surface area contributed by atoms with Gasteiger partial charge in [-0.3, -0.25) is 9.78 Å². The maximum atomic E-state index is 14.9. The fraction of sp³-hybridized carbons (Fsp3) is 0.438. The van der Waals surface area contributed by atoms with Gasteiger partial charge in [-0.25, -0.2) is 22.9 Å². The summed E-state index contributed by atoms with van der Waals surface area (Å²) in [6, 6.07) is 3.67. The zero-order valence-corrected chi connectivity index (χ0v) is 26.0. The number of anilines is 3. The van der Waals surface area contributed by atoms with Gasteiger partial charge in [-0.05, 0) is 58.6 Å². The zero-order valence-electron chi connectivity index (χ0n) is 26.0. The van der Waals surface area contributed by atoms with Gasteiger partial charge in [-0.2, -0.15) is 0 Å². The lowest BCUT2D eigenvalue weighted by atomic mass is 10.0. The van der Waals surface area contributed by atoms with Crippen LogP contribution in [0.25, 0.3) is 11.3 Å². The van der Waals surface area contributed by atoms with E-state index in [0.29, 0.717) is 49.4 Å². The van der Waals surface area contributed by atoms with Crippen molar-refractivity contribution in [1.29, 1.82) is 0 Å². The highest BCUT2D eigenvalue weighted by Gasteiger charge is 2.35. The second-order valence-corrected chi connectivity index (χ2v) is 12.4. The molecule has 0 bridgehead atoms. The number of aliphatic hydroxyl groups is 1. The van der Waals surface area contributed by atoms with Crippen LogP contribution in [0.4, 0.5) is 35.0 Å². The molecule has 3 aromatic rings. The van der Waals surface area contributed by atoms with Gasteiger partial charge in [0, 0.05) is 37.7 Å². The Hall–Kier alpha value is -4.59. The first kappa shape index (κ1) is 32.8. The van der Waals surface area contributed by atoms with Gasteiger partial charge in [0.25, 0.3) is 0 Å². The minimum atomic E-state index is -1.65. The number of nitrogen functional groups attached to an aromatic ring is 1. The normalized spacial score (nSPS) is 18.5. The maximum Gasteiger partial charge on any atom is 0.407 e. The quantitative estimate of drug-likeness (QED) is 0.198. The molecule has 5 rings (SSSR count). The molecular formula is C32H37F3N6O5. The lowest BCUT2D eigenvalue weighted by Gasteiger charge is -2.37. The van der Waals surface area contributed by atoms with Crippen LogP contribution in [-0.4, -0.2) is 51.9 Å². The number of aliphatic hydroxyl groups excluding tert-OH is 1. The highest BCUT2D eigenvalue weighted by atomic mass is 19.1. The third-order valence-electron chi connectivity index (χ3n) is 7.70. The van der Waals surface area contributed by atoms with E-state index in [2.05, 4.69) is 20.6 Å².